The molecule has 0 aliphatic heterocycles. The van der Waals surface area contributed by atoms with Gasteiger partial charge in [0.25, 0.3) is 0 Å². The summed E-state index contributed by atoms with van der Waals surface area (Å²) in [6.45, 7) is 3.89. The molecule has 0 aliphatic carbocycles. The Bertz CT molecular complexity index is 670. The summed E-state index contributed by atoms with van der Waals surface area (Å²) in [5.74, 6) is 1.46. The van der Waals surface area contributed by atoms with Gasteiger partial charge in [-0.3, -0.25) is 0 Å². The maximum Gasteiger partial charge on any atom is 0.416 e. The number of hydrogen-bond donors (Lipinski definition) is 0. The number of benzene rings is 2. The summed E-state index contributed by atoms with van der Waals surface area (Å²) in [6, 6.07) is 10.1. The summed E-state index contributed by atoms with van der Waals surface area (Å²) >= 11 is 3.14. The van der Waals surface area contributed by atoms with E-state index in [2.05, 4.69) is 0 Å². The van der Waals surface area contributed by atoms with Crippen LogP contribution in [0.4, 0.5) is 26.3 Å². The normalized spacial score (nSPS) is 14.7. The molecule has 2 atom stereocenters. The Labute approximate surface area is 169 Å². The second-order valence-electron chi connectivity index (χ2n) is 5.99. The predicted octanol–water partition coefficient (Wildman–Crippen LogP) is 8.01. The van der Waals surface area contributed by atoms with Crippen LogP contribution >= 0.6 is 23.5 Å². The van der Waals surface area contributed by atoms with Crippen molar-refractivity contribution in [2.24, 2.45) is 0 Å². The lowest BCUT2D eigenvalue weighted by molar-refractivity contribution is -0.138. The topological polar surface area (TPSA) is 0 Å². The molecule has 154 valence electrons. The molecular weight excluding hydrogens is 418 g/mol. The fraction of sp³-hybridized carbons (Fsp3) is 0.400. The Hall–Kier alpha value is -1.28. The van der Waals surface area contributed by atoms with E-state index in [1.807, 2.05) is 13.8 Å². The molecule has 2 aromatic carbocycles. The smallest absolute Gasteiger partial charge is 0.166 e. The molecule has 0 aliphatic rings. The van der Waals surface area contributed by atoms with Gasteiger partial charge in [-0.1, -0.05) is 38.1 Å². The van der Waals surface area contributed by atoms with Gasteiger partial charge in [0, 0.05) is 10.5 Å². The van der Waals surface area contributed by atoms with Gasteiger partial charge < -0.3 is 0 Å². The van der Waals surface area contributed by atoms with Crippen LogP contribution in [0.1, 0.15) is 46.6 Å². The van der Waals surface area contributed by atoms with Crippen LogP contribution in [0.2, 0.25) is 0 Å². The molecule has 8 heteroatoms. The predicted molar refractivity (Wildman–Crippen MR) is 105 cm³/mol. The lowest BCUT2D eigenvalue weighted by Crippen LogP contribution is -2.10. The van der Waals surface area contributed by atoms with Gasteiger partial charge in [-0.15, -0.1) is 0 Å². The van der Waals surface area contributed by atoms with Crippen molar-refractivity contribution in [3.8, 4) is 0 Å². The van der Waals surface area contributed by atoms with E-state index in [0.29, 0.717) is 0 Å². The first-order valence-corrected chi connectivity index (χ1v) is 10.7. The van der Waals surface area contributed by atoms with Gasteiger partial charge >= 0.3 is 12.4 Å². The number of rotatable bonds is 7. The summed E-state index contributed by atoms with van der Waals surface area (Å²) in [4.78, 5) is 0. The highest BCUT2D eigenvalue weighted by atomic mass is 32.2. The number of hydrogen-bond acceptors (Lipinski definition) is 2. The molecule has 0 heterocycles. The lowest BCUT2D eigenvalue weighted by atomic mass is 10.0. The molecule has 0 amide bonds. The Morgan fingerprint density at radius 1 is 0.607 bits per heavy atom. The Kier molecular flexibility index (Phi) is 7.79. The second kappa shape index (κ2) is 9.48. The minimum atomic E-state index is -4.41. The fourth-order valence-corrected chi connectivity index (χ4v) is 5.35. The highest BCUT2D eigenvalue weighted by Gasteiger charge is 2.33. The summed E-state index contributed by atoms with van der Waals surface area (Å²) in [6.07, 6.45) is -8.81. The van der Waals surface area contributed by atoms with E-state index < -0.39 is 23.5 Å². The zero-order valence-corrected chi connectivity index (χ0v) is 16.9. The molecule has 0 N–H and O–H groups in total. The van der Waals surface area contributed by atoms with E-state index in [1.54, 1.807) is 23.5 Å². The summed E-state index contributed by atoms with van der Waals surface area (Å²) in [7, 11) is 0. The summed E-state index contributed by atoms with van der Waals surface area (Å²) in [5, 5.41) is -0.344. The van der Waals surface area contributed by atoms with Crippen LogP contribution in [0.15, 0.2) is 48.5 Å². The Morgan fingerprint density at radius 2 is 0.893 bits per heavy atom. The van der Waals surface area contributed by atoms with E-state index >= 15 is 0 Å². The van der Waals surface area contributed by atoms with Crippen molar-refractivity contribution in [2.45, 2.75) is 36.7 Å². The van der Waals surface area contributed by atoms with Crippen molar-refractivity contribution in [1.29, 1.82) is 0 Å². The Morgan fingerprint density at radius 3 is 1.11 bits per heavy atom. The fourth-order valence-electron chi connectivity index (χ4n) is 2.80. The number of thioether (sulfide) groups is 2. The molecule has 0 radical (unpaired) electrons. The first kappa shape index (κ1) is 23.0. The standard InChI is InChI=1S/C20H20F6S2/c1-3-27-17(13-5-9-15(10-6-13)19(21,22)23)18(28-4-2)14-7-11-16(12-8-14)20(24,25)26/h5-12,17-18H,3-4H2,1-2H3/t17-,18+. The third-order valence-electron chi connectivity index (χ3n) is 4.10. The van der Waals surface area contributed by atoms with Crippen LogP contribution in [0.3, 0.4) is 0 Å². The largest absolute Gasteiger partial charge is 0.416 e. The molecule has 0 nitrogen and oxygen atoms in total. The van der Waals surface area contributed by atoms with Crippen LogP contribution in [0.5, 0.6) is 0 Å². The monoisotopic (exact) mass is 438 g/mol. The van der Waals surface area contributed by atoms with Gasteiger partial charge in [0.2, 0.25) is 0 Å². The van der Waals surface area contributed by atoms with Crippen molar-refractivity contribution in [1.82, 2.24) is 0 Å². The maximum atomic E-state index is 12.8. The van der Waals surface area contributed by atoms with Gasteiger partial charge in [0.15, 0.2) is 0 Å². The van der Waals surface area contributed by atoms with Crippen molar-refractivity contribution >= 4 is 23.5 Å². The highest BCUT2D eigenvalue weighted by Crippen LogP contribution is 2.48. The zero-order valence-electron chi connectivity index (χ0n) is 15.3. The second-order valence-corrected chi connectivity index (χ2v) is 8.83. The first-order valence-electron chi connectivity index (χ1n) is 8.65. The number of alkyl halides is 6. The van der Waals surface area contributed by atoms with Crippen LogP contribution in [-0.4, -0.2) is 11.5 Å². The first-order chi connectivity index (χ1) is 13.1. The summed E-state index contributed by atoms with van der Waals surface area (Å²) < 4.78 is 77.1. The van der Waals surface area contributed by atoms with Gasteiger partial charge in [0.05, 0.1) is 11.1 Å². The van der Waals surface area contributed by atoms with Crippen molar-refractivity contribution in [3.63, 3.8) is 0 Å². The van der Waals surface area contributed by atoms with E-state index in [0.717, 1.165) is 46.9 Å². The van der Waals surface area contributed by atoms with E-state index in [1.165, 1.54) is 24.3 Å². The minimum absolute atomic E-state index is 0.172. The van der Waals surface area contributed by atoms with Crippen LogP contribution in [0, 0.1) is 0 Å². The van der Waals surface area contributed by atoms with E-state index in [-0.39, 0.29) is 10.5 Å². The lowest BCUT2D eigenvalue weighted by Gasteiger charge is -2.27. The van der Waals surface area contributed by atoms with Gasteiger partial charge in [0.1, 0.15) is 0 Å². The van der Waals surface area contributed by atoms with Crippen molar-refractivity contribution < 1.29 is 26.3 Å². The SMILES string of the molecule is CCS[C@H](c1ccc(C(F)(F)F)cc1)[C@@H](SCC)c1ccc(C(F)(F)F)cc1. The molecule has 0 bridgehead atoms. The van der Waals surface area contributed by atoms with Crippen LogP contribution in [-0.2, 0) is 12.4 Å². The molecule has 0 fully saturated rings. The molecule has 28 heavy (non-hydrogen) atoms. The molecule has 0 spiro atoms. The molecule has 2 aromatic rings. The molecule has 0 unspecified atom stereocenters. The summed E-state index contributed by atoms with van der Waals surface area (Å²) in [5.41, 5.74) is 0.0212. The number of halogens is 6. The molecular formula is C20H20F6S2. The van der Waals surface area contributed by atoms with Gasteiger partial charge in [-0.25, -0.2) is 0 Å². The third-order valence-corrected chi connectivity index (χ3v) is 6.75. The van der Waals surface area contributed by atoms with Crippen molar-refractivity contribution in [3.05, 3.63) is 70.8 Å². The van der Waals surface area contributed by atoms with Gasteiger partial charge in [-0.05, 0) is 46.9 Å². The Balaban J connectivity index is 2.38. The third kappa shape index (κ3) is 5.86. The average Bonchev–Trinajstić information content (AvgIpc) is 2.63. The minimum Gasteiger partial charge on any atom is -0.166 e. The molecule has 0 aromatic heterocycles. The average molecular weight is 439 g/mol. The van der Waals surface area contributed by atoms with E-state index in [9.17, 15) is 26.3 Å². The highest BCUT2D eigenvalue weighted by molar-refractivity contribution is 8.03. The molecule has 0 saturated heterocycles. The zero-order chi connectivity index (χ0) is 20.9. The molecule has 2 rings (SSSR count). The van der Waals surface area contributed by atoms with Crippen molar-refractivity contribution in [2.75, 3.05) is 11.5 Å². The molecule has 0 saturated carbocycles. The quantitative estimate of drug-likeness (QED) is 0.402. The van der Waals surface area contributed by atoms with Crippen LogP contribution < -0.4 is 0 Å². The van der Waals surface area contributed by atoms with Crippen LogP contribution in [0.25, 0.3) is 0 Å². The van der Waals surface area contributed by atoms with Gasteiger partial charge in [-0.2, -0.15) is 49.9 Å². The maximum absolute atomic E-state index is 12.8. The van der Waals surface area contributed by atoms with E-state index in [4.69, 9.17) is 0 Å².